The Balaban J connectivity index is 1.65. The smallest absolute Gasteiger partial charge is 0.366 e. The fourth-order valence-electron chi connectivity index (χ4n) is 6.53. The normalized spacial score (nSPS) is 25.8. The Labute approximate surface area is 260 Å². The summed E-state index contributed by atoms with van der Waals surface area (Å²) in [6.45, 7) is 5.67. The van der Waals surface area contributed by atoms with Crippen molar-refractivity contribution in [1.82, 2.24) is 15.5 Å². The molecule has 3 aliphatic heterocycles. The molecule has 4 fully saturated rings. The van der Waals surface area contributed by atoms with E-state index in [1.165, 1.54) is 11.8 Å². The lowest BCUT2D eigenvalue weighted by atomic mass is 9.71. The van der Waals surface area contributed by atoms with E-state index in [4.69, 9.17) is 16.3 Å². The Kier molecular flexibility index (Phi) is 10.9. The van der Waals surface area contributed by atoms with Crippen molar-refractivity contribution in [3.8, 4) is 0 Å². The molecule has 4 aliphatic rings. The molecule has 0 spiro atoms. The maximum absolute atomic E-state index is 15.3. The molecule has 0 radical (unpaired) electrons. The van der Waals surface area contributed by atoms with E-state index in [2.05, 4.69) is 16.0 Å². The summed E-state index contributed by atoms with van der Waals surface area (Å²) >= 11 is 6.14. The number of rotatable bonds is 12. The number of nitrogens with one attached hydrogen (secondary N) is 3. The van der Waals surface area contributed by atoms with Crippen molar-refractivity contribution in [1.29, 1.82) is 0 Å². The van der Waals surface area contributed by atoms with Crippen LogP contribution in [0.25, 0.3) is 0 Å². The number of halogens is 4. The Morgan fingerprint density at radius 3 is 2.59 bits per heavy atom. The van der Waals surface area contributed by atoms with Crippen molar-refractivity contribution in [3.05, 3.63) is 41.2 Å². The number of anilines is 1. The van der Waals surface area contributed by atoms with Crippen LogP contribution in [0, 0.1) is 17.8 Å². The first-order valence-electron chi connectivity index (χ1n) is 15.1. The van der Waals surface area contributed by atoms with Gasteiger partial charge in [0.25, 0.3) is 5.92 Å². The van der Waals surface area contributed by atoms with Crippen molar-refractivity contribution >= 4 is 41.0 Å². The molecule has 0 unspecified atom stereocenters. The largest absolute Gasteiger partial charge is 0.461 e. The third kappa shape index (κ3) is 7.86. The van der Waals surface area contributed by atoms with Crippen molar-refractivity contribution in [3.63, 3.8) is 0 Å². The van der Waals surface area contributed by atoms with E-state index in [1.807, 2.05) is 13.8 Å². The molecule has 5 rings (SSSR count). The van der Waals surface area contributed by atoms with Gasteiger partial charge in [0, 0.05) is 35.6 Å². The minimum Gasteiger partial charge on any atom is -0.461 e. The van der Waals surface area contributed by atoms with Gasteiger partial charge < -0.3 is 25.6 Å². The zero-order chi connectivity index (χ0) is 32.2. The highest BCUT2D eigenvalue weighted by Crippen LogP contribution is 2.49. The van der Waals surface area contributed by atoms with Crippen LogP contribution in [-0.4, -0.2) is 71.8 Å². The van der Waals surface area contributed by atoms with Gasteiger partial charge in [-0.1, -0.05) is 31.5 Å². The van der Waals surface area contributed by atoms with Gasteiger partial charge in [-0.2, -0.15) is 4.39 Å². The van der Waals surface area contributed by atoms with Crippen LogP contribution >= 0.6 is 11.6 Å². The minimum absolute atomic E-state index is 0.0266. The van der Waals surface area contributed by atoms with Crippen molar-refractivity contribution < 1.29 is 37.1 Å². The van der Waals surface area contributed by atoms with Gasteiger partial charge in [-0.25, -0.2) is 13.6 Å². The summed E-state index contributed by atoms with van der Waals surface area (Å²) in [7, 11) is 0. The number of ether oxygens (including phenoxy) is 1. The first-order chi connectivity index (χ1) is 20.8. The maximum atomic E-state index is 15.3. The van der Waals surface area contributed by atoms with Crippen LogP contribution in [0.2, 0.25) is 5.02 Å². The molecule has 1 aromatic rings. The summed E-state index contributed by atoms with van der Waals surface area (Å²) in [5.41, 5.74) is 0.569. The topological polar surface area (TPSA) is 117 Å². The number of carbonyl (C=O) groups excluding carboxylic acids is 4. The average Bonchev–Trinajstić information content (AvgIpc) is 3.35. The third-order valence-corrected chi connectivity index (χ3v) is 8.71. The molecule has 3 heterocycles. The van der Waals surface area contributed by atoms with Gasteiger partial charge in [-0.15, -0.1) is 0 Å². The highest BCUT2D eigenvalue weighted by atomic mass is 35.5. The second-order valence-electron chi connectivity index (χ2n) is 12.2. The number of piperidine rings is 2. The Morgan fingerprint density at radius 1 is 1.23 bits per heavy atom. The molecule has 1 aromatic carbocycles. The van der Waals surface area contributed by atoms with Crippen molar-refractivity contribution in [2.24, 2.45) is 17.8 Å². The molecule has 3 N–H and O–H groups in total. The van der Waals surface area contributed by atoms with Crippen molar-refractivity contribution in [2.45, 2.75) is 89.4 Å². The molecular weight excluding hydrogens is 601 g/mol. The molecule has 1 saturated carbocycles. The SMILES string of the molecule is CCOC(=O)/C(F)=C/[C@@H](C[C@@H]1CCNC1=O)NC(=O)[C@H]1[C@@H]2CC[C@@H](CC2(F)F)N1C(=O)[C@H](CC(C)C)Nc1cccc(Cl)c1. The quantitative estimate of drug-likeness (QED) is 0.227. The second kappa shape index (κ2) is 14.2. The molecule has 3 saturated heterocycles. The van der Waals surface area contributed by atoms with Crippen LogP contribution in [0.1, 0.15) is 59.3 Å². The van der Waals surface area contributed by atoms with Crippen LogP contribution in [-0.2, 0) is 23.9 Å². The van der Waals surface area contributed by atoms with E-state index >= 15 is 8.78 Å². The van der Waals surface area contributed by atoms with E-state index < -0.39 is 72.0 Å². The second-order valence-corrected chi connectivity index (χ2v) is 12.6. The Hall–Kier alpha value is -3.28. The van der Waals surface area contributed by atoms with Gasteiger partial charge in [0.15, 0.2) is 0 Å². The van der Waals surface area contributed by atoms with Gasteiger partial charge >= 0.3 is 5.97 Å². The molecule has 1 aliphatic carbocycles. The number of esters is 1. The molecule has 0 aromatic heterocycles. The third-order valence-electron chi connectivity index (χ3n) is 8.48. The fourth-order valence-corrected chi connectivity index (χ4v) is 6.72. The number of alkyl halides is 2. The number of hydrogen-bond acceptors (Lipinski definition) is 6. The van der Waals surface area contributed by atoms with Crippen LogP contribution in [0.3, 0.4) is 0 Å². The monoisotopic (exact) mass is 640 g/mol. The van der Waals surface area contributed by atoms with E-state index in [0.717, 1.165) is 6.08 Å². The molecule has 3 amide bonds. The summed E-state index contributed by atoms with van der Waals surface area (Å²) in [4.78, 5) is 53.7. The predicted octanol–water partition coefficient (Wildman–Crippen LogP) is 4.61. The maximum Gasteiger partial charge on any atom is 0.366 e. The summed E-state index contributed by atoms with van der Waals surface area (Å²) in [6.07, 6.45) is 1.32. The standard InChI is InChI=1S/C31H40ClF3N4O5/c1-4-44-30(43)24(33)15-21(13-18-10-11-36-27(18)40)38-28(41)26-23-9-8-22(16-31(23,34)35)39(26)29(42)25(12-17(2)3)37-20-7-5-6-19(32)14-20/h5-7,14-15,17-18,21-23,25-26,37H,4,8-13,16H2,1-3H3,(H,36,40)(H,38,41)/b24-15-/t18-,21+,22-,23-,25-,26+/m0/s1. The van der Waals surface area contributed by atoms with Gasteiger partial charge in [0.05, 0.1) is 18.6 Å². The Morgan fingerprint density at radius 2 is 1.98 bits per heavy atom. The number of nitrogens with zero attached hydrogens (tertiary/aromatic N) is 1. The number of amides is 3. The molecular formula is C31H40ClF3N4O5. The molecule has 2 bridgehead atoms. The number of carbonyl (C=O) groups is 4. The molecule has 9 nitrogen and oxygen atoms in total. The summed E-state index contributed by atoms with van der Waals surface area (Å²) in [5, 5.41) is 8.90. The number of benzene rings is 1. The van der Waals surface area contributed by atoms with Crippen molar-refractivity contribution in [2.75, 3.05) is 18.5 Å². The summed E-state index contributed by atoms with van der Waals surface area (Å²) in [6, 6.07) is 2.33. The zero-order valence-electron chi connectivity index (χ0n) is 25.1. The van der Waals surface area contributed by atoms with E-state index in [9.17, 15) is 23.6 Å². The lowest BCUT2D eigenvalue weighted by molar-refractivity contribution is -0.194. The highest BCUT2D eigenvalue weighted by Gasteiger charge is 2.61. The van der Waals surface area contributed by atoms with Crippen LogP contribution < -0.4 is 16.0 Å². The van der Waals surface area contributed by atoms with Crippen LogP contribution in [0.4, 0.5) is 18.9 Å². The predicted molar refractivity (Wildman–Crippen MR) is 159 cm³/mol. The van der Waals surface area contributed by atoms with E-state index in [0.29, 0.717) is 36.5 Å². The molecule has 6 atom stereocenters. The van der Waals surface area contributed by atoms with Crippen LogP contribution in [0.15, 0.2) is 36.2 Å². The lowest BCUT2D eigenvalue weighted by Crippen LogP contribution is -2.70. The van der Waals surface area contributed by atoms with Gasteiger partial charge in [0.2, 0.25) is 23.5 Å². The average molecular weight is 641 g/mol. The van der Waals surface area contributed by atoms with Gasteiger partial charge in [-0.05, 0) is 69.2 Å². The van der Waals surface area contributed by atoms with Gasteiger partial charge in [0.1, 0.15) is 12.1 Å². The molecule has 13 heteroatoms. The van der Waals surface area contributed by atoms with E-state index in [1.54, 1.807) is 24.3 Å². The highest BCUT2D eigenvalue weighted by molar-refractivity contribution is 6.30. The first-order valence-corrected chi connectivity index (χ1v) is 15.5. The first kappa shape index (κ1) is 33.6. The Bertz CT molecular complexity index is 1280. The fraction of sp³-hybridized carbons (Fsp3) is 0.613. The summed E-state index contributed by atoms with van der Waals surface area (Å²) < 4.78 is 50.1. The van der Waals surface area contributed by atoms with Gasteiger partial charge in [-0.3, -0.25) is 14.4 Å². The number of fused-ring (bicyclic) bond motifs is 3. The summed E-state index contributed by atoms with van der Waals surface area (Å²) in [5.74, 6) is -9.42. The number of hydrogen-bond donors (Lipinski definition) is 3. The minimum atomic E-state index is -3.21. The zero-order valence-corrected chi connectivity index (χ0v) is 25.8. The molecule has 44 heavy (non-hydrogen) atoms. The van der Waals surface area contributed by atoms with Crippen LogP contribution in [0.5, 0.6) is 0 Å². The lowest BCUT2D eigenvalue weighted by Gasteiger charge is -2.54. The van der Waals surface area contributed by atoms with E-state index in [-0.39, 0.29) is 31.3 Å². The molecule has 242 valence electrons.